The van der Waals surface area contributed by atoms with E-state index in [1.165, 1.54) is 11.3 Å². The minimum Gasteiger partial charge on any atom is -0.479 e. The third kappa shape index (κ3) is 4.99. The van der Waals surface area contributed by atoms with Crippen molar-refractivity contribution in [2.75, 3.05) is 5.32 Å². The molecular weight excluding hydrogens is 491 g/mol. The molecule has 2 aromatic heterocycles. The molecule has 164 valence electrons. The van der Waals surface area contributed by atoms with Crippen molar-refractivity contribution in [2.24, 2.45) is 0 Å². The molecule has 12 heteroatoms. The SMILES string of the molecule is Cc1nnc2sc(-c3ccc(NC(=S)NC(=O)C(C)Oc4ccc(Cl)cc4Cl)cc3)nn12. The van der Waals surface area contributed by atoms with Crippen LogP contribution in [0.3, 0.4) is 0 Å². The number of benzene rings is 2. The van der Waals surface area contributed by atoms with Crippen molar-refractivity contribution in [1.82, 2.24) is 25.1 Å². The van der Waals surface area contributed by atoms with E-state index in [0.717, 1.165) is 21.4 Å². The Morgan fingerprint density at radius 1 is 1.19 bits per heavy atom. The Bertz CT molecular complexity index is 1310. The average Bonchev–Trinajstić information content (AvgIpc) is 3.32. The molecule has 1 atom stereocenters. The number of rotatable bonds is 5. The molecule has 32 heavy (non-hydrogen) atoms. The van der Waals surface area contributed by atoms with Crippen molar-refractivity contribution >= 4 is 68.4 Å². The minimum absolute atomic E-state index is 0.148. The van der Waals surface area contributed by atoms with Gasteiger partial charge in [-0.25, -0.2) is 0 Å². The molecule has 0 radical (unpaired) electrons. The molecule has 2 aromatic carbocycles. The molecule has 2 heterocycles. The molecule has 8 nitrogen and oxygen atoms in total. The minimum atomic E-state index is -0.822. The summed E-state index contributed by atoms with van der Waals surface area (Å²) in [5.74, 6) is 0.674. The topological polar surface area (TPSA) is 93.4 Å². The van der Waals surface area contributed by atoms with Crippen molar-refractivity contribution in [1.29, 1.82) is 0 Å². The Morgan fingerprint density at radius 2 is 1.94 bits per heavy atom. The zero-order valence-electron chi connectivity index (χ0n) is 16.8. The first-order valence-electron chi connectivity index (χ1n) is 9.33. The maximum Gasteiger partial charge on any atom is 0.266 e. The Labute approximate surface area is 202 Å². The second-order valence-corrected chi connectivity index (χ2v) is 8.91. The number of hydrogen-bond donors (Lipinski definition) is 2. The molecule has 0 saturated heterocycles. The van der Waals surface area contributed by atoms with E-state index in [1.54, 1.807) is 29.6 Å². The van der Waals surface area contributed by atoms with Crippen LogP contribution >= 0.6 is 46.8 Å². The molecule has 1 amide bonds. The largest absolute Gasteiger partial charge is 0.479 e. The van der Waals surface area contributed by atoms with Gasteiger partial charge in [0.1, 0.15) is 10.8 Å². The number of ether oxygens (including phenoxy) is 1. The molecule has 0 bridgehead atoms. The molecule has 0 aliphatic rings. The average molecular weight is 507 g/mol. The predicted molar refractivity (Wildman–Crippen MR) is 130 cm³/mol. The van der Waals surface area contributed by atoms with Gasteiger partial charge in [-0.1, -0.05) is 34.5 Å². The third-order valence-corrected chi connectivity index (χ3v) is 6.02. The molecule has 0 fully saturated rings. The highest BCUT2D eigenvalue weighted by Gasteiger charge is 2.18. The number of hydrogen-bond acceptors (Lipinski definition) is 7. The van der Waals surface area contributed by atoms with Crippen molar-refractivity contribution in [3.05, 3.63) is 58.3 Å². The van der Waals surface area contributed by atoms with Gasteiger partial charge in [-0.15, -0.1) is 10.2 Å². The summed E-state index contributed by atoms with van der Waals surface area (Å²) in [5, 5.41) is 19.9. The number of anilines is 1. The van der Waals surface area contributed by atoms with Gasteiger partial charge in [0.25, 0.3) is 5.91 Å². The van der Waals surface area contributed by atoms with Crippen LogP contribution in [-0.2, 0) is 4.79 Å². The van der Waals surface area contributed by atoms with Crippen LogP contribution < -0.4 is 15.4 Å². The van der Waals surface area contributed by atoms with Crippen LogP contribution in [0.4, 0.5) is 5.69 Å². The number of nitrogens with one attached hydrogen (secondary N) is 2. The molecule has 0 aliphatic heterocycles. The number of carbonyl (C=O) groups excluding carboxylic acids is 1. The summed E-state index contributed by atoms with van der Waals surface area (Å²) in [6.45, 7) is 3.45. The van der Waals surface area contributed by atoms with E-state index in [-0.39, 0.29) is 5.11 Å². The second-order valence-electron chi connectivity index (χ2n) is 6.70. The van der Waals surface area contributed by atoms with Gasteiger partial charge in [0.15, 0.2) is 17.0 Å². The number of carbonyl (C=O) groups is 1. The number of aryl methyl sites for hydroxylation is 1. The molecule has 2 N–H and O–H groups in total. The quantitative estimate of drug-likeness (QED) is 0.377. The standard InChI is InChI=1S/C20H16Cl2N6O2S2/c1-10(30-16-8-5-13(21)9-15(16)22)17(29)24-19(31)23-14-6-3-12(4-7-14)18-27-28-11(2)25-26-20(28)32-18/h3-10H,1-2H3,(H2,23,24,29,31). The van der Waals surface area contributed by atoms with E-state index in [1.807, 2.05) is 31.2 Å². The lowest BCUT2D eigenvalue weighted by Crippen LogP contribution is -2.42. The number of aromatic nitrogens is 4. The Kier molecular flexibility index (Phi) is 6.56. The number of fused-ring (bicyclic) bond motifs is 1. The van der Waals surface area contributed by atoms with Gasteiger partial charge in [0, 0.05) is 16.3 Å². The summed E-state index contributed by atoms with van der Waals surface area (Å²) < 4.78 is 7.30. The molecule has 0 saturated carbocycles. The predicted octanol–water partition coefficient (Wildman–Crippen LogP) is 4.75. The Balaban J connectivity index is 1.34. The summed E-state index contributed by atoms with van der Waals surface area (Å²) in [6, 6.07) is 12.3. The van der Waals surface area contributed by atoms with Crippen molar-refractivity contribution in [2.45, 2.75) is 20.0 Å². The molecular formula is C20H16Cl2N6O2S2. The third-order valence-electron chi connectivity index (χ3n) is 4.34. The first kappa shape index (κ1) is 22.4. The highest BCUT2D eigenvalue weighted by Crippen LogP contribution is 2.28. The maximum absolute atomic E-state index is 12.4. The van der Waals surface area contributed by atoms with Crippen LogP contribution in [-0.4, -0.2) is 36.9 Å². The van der Waals surface area contributed by atoms with Gasteiger partial charge in [-0.2, -0.15) is 9.61 Å². The van der Waals surface area contributed by atoms with Crippen molar-refractivity contribution in [3.8, 4) is 16.3 Å². The van der Waals surface area contributed by atoms with Crippen LogP contribution in [0.5, 0.6) is 5.75 Å². The van der Waals surface area contributed by atoms with E-state index in [4.69, 9.17) is 40.2 Å². The number of thiocarbonyl (C=S) groups is 1. The van der Waals surface area contributed by atoms with Gasteiger partial charge in [0.05, 0.1) is 5.02 Å². The van der Waals surface area contributed by atoms with Gasteiger partial charge in [-0.05, 0) is 68.5 Å². The van der Waals surface area contributed by atoms with E-state index in [0.29, 0.717) is 21.5 Å². The van der Waals surface area contributed by atoms with E-state index >= 15 is 0 Å². The van der Waals surface area contributed by atoms with Crippen LogP contribution in [0.25, 0.3) is 15.5 Å². The normalized spacial score (nSPS) is 11.9. The fraction of sp³-hybridized carbons (Fsp3) is 0.150. The molecule has 0 spiro atoms. The fourth-order valence-electron chi connectivity index (χ4n) is 2.72. The van der Waals surface area contributed by atoms with Crippen molar-refractivity contribution in [3.63, 3.8) is 0 Å². The summed E-state index contributed by atoms with van der Waals surface area (Å²) in [7, 11) is 0. The lowest BCUT2D eigenvalue weighted by molar-refractivity contribution is -0.125. The summed E-state index contributed by atoms with van der Waals surface area (Å²) >= 11 is 18.6. The van der Waals surface area contributed by atoms with Gasteiger partial charge in [0.2, 0.25) is 4.96 Å². The molecule has 4 aromatic rings. The highest BCUT2D eigenvalue weighted by atomic mass is 35.5. The second kappa shape index (κ2) is 9.37. The number of halogens is 2. The lowest BCUT2D eigenvalue weighted by Gasteiger charge is -2.16. The highest BCUT2D eigenvalue weighted by molar-refractivity contribution is 7.80. The van der Waals surface area contributed by atoms with E-state index in [2.05, 4.69) is 25.9 Å². The van der Waals surface area contributed by atoms with Gasteiger partial charge >= 0.3 is 0 Å². The summed E-state index contributed by atoms with van der Waals surface area (Å²) in [4.78, 5) is 13.1. The van der Waals surface area contributed by atoms with E-state index in [9.17, 15) is 4.79 Å². The van der Waals surface area contributed by atoms with Crippen molar-refractivity contribution < 1.29 is 9.53 Å². The monoisotopic (exact) mass is 506 g/mol. The number of amides is 1. The fourth-order valence-corrected chi connectivity index (χ4v) is 4.28. The molecule has 4 rings (SSSR count). The first-order chi connectivity index (χ1) is 15.3. The lowest BCUT2D eigenvalue weighted by atomic mass is 10.2. The van der Waals surface area contributed by atoms with Gasteiger partial charge < -0.3 is 10.1 Å². The van der Waals surface area contributed by atoms with Crippen LogP contribution in [0.1, 0.15) is 12.7 Å². The number of nitrogens with zero attached hydrogens (tertiary/aromatic N) is 4. The van der Waals surface area contributed by atoms with E-state index < -0.39 is 12.0 Å². The Hall–Kier alpha value is -2.79. The summed E-state index contributed by atoms with van der Waals surface area (Å²) in [5.41, 5.74) is 1.65. The van der Waals surface area contributed by atoms with Crippen LogP contribution in [0.15, 0.2) is 42.5 Å². The Morgan fingerprint density at radius 3 is 2.62 bits per heavy atom. The molecule has 0 aliphatic carbocycles. The van der Waals surface area contributed by atoms with Crippen LogP contribution in [0, 0.1) is 6.92 Å². The maximum atomic E-state index is 12.4. The first-order valence-corrected chi connectivity index (χ1v) is 11.3. The summed E-state index contributed by atoms with van der Waals surface area (Å²) in [6.07, 6.45) is -0.822. The molecule has 1 unspecified atom stereocenters. The smallest absolute Gasteiger partial charge is 0.266 e. The zero-order valence-corrected chi connectivity index (χ0v) is 19.9. The van der Waals surface area contributed by atoms with Gasteiger partial charge in [-0.3, -0.25) is 10.1 Å². The zero-order chi connectivity index (χ0) is 22.8. The van der Waals surface area contributed by atoms with Crippen LogP contribution in [0.2, 0.25) is 10.0 Å².